The summed E-state index contributed by atoms with van der Waals surface area (Å²) in [6, 6.07) is -1.30. The van der Waals surface area contributed by atoms with Crippen LogP contribution in [0, 0.1) is 16.7 Å². The predicted octanol–water partition coefficient (Wildman–Crippen LogP) is 9.58. The highest BCUT2D eigenvalue weighted by Gasteiger charge is 2.41. The first-order valence-electron chi connectivity index (χ1n) is 22.4. The molecule has 4 atom stereocenters. The van der Waals surface area contributed by atoms with Gasteiger partial charge in [-0.2, -0.15) is 0 Å². The summed E-state index contributed by atoms with van der Waals surface area (Å²) in [5.74, 6) is -1.05. The van der Waals surface area contributed by atoms with Gasteiger partial charge in [-0.05, 0) is 120 Å². The second kappa shape index (κ2) is 26.2. The van der Waals surface area contributed by atoms with Gasteiger partial charge < -0.3 is 27.7 Å². The number of hydrogen-bond donors (Lipinski definition) is 4. The molecule has 9 heteroatoms. The molecule has 0 bridgehead atoms. The first kappa shape index (κ1) is 53.6. The summed E-state index contributed by atoms with van der Waals surface area (Å²) in [6.45, 7) is 21.3. The quantitative estimate of drug-likeness (QED) is 0.0442. The predicted molar refractivity (Wildman–Crippen MR) is 258 cm³/mol. The summed E-state index contributed by atoms with van der Waals surface area (Å²) in [5, 5.41) is 0. The number of ketones is 3. The van der Waals surface area contributed by atoms with E-state index in [0.717, 1.165) is 64.7 Å². The molecule has 8 N–H and O–H groups in total. The Morgan fingerprint density at radius 3 is 1.53 bits per heavy atom. The fourth-order valence-electron chi connectivity index (χ4n) is 7.96. The van der Waals surface area contributed by atoms with Crippen molar-refractivity contribution in [3.05, 3.63) is 130 Å². The molecule has 0 radical (unpaired) electrons. The summed E-state index contributed by atoms with van der Waals surface area (Å²) in [4.78, 5) is 52.0. The lowest BCUT2D eigenvalue weighted by Gasteiger charge is -2.37. The molecule has 0 amide bonds. The Bertz CT molecular complexity index is 1800. The van der Waals surface area contributed by atoms with Crippen molar-refractivity contribution in [1.82, 2.24) is 0 Å². The van der Waals surface area contributed by atoms with Crippen molar-refractivity contribution in [2.75, 3.05) is 13.1 Å². The highest BCUT2D eigenvalue weighted by molar-refractivity contribution is 6.02. The number of carbonyl (C=O) groups excluding carboxylic acids is 4. The van der Waals surface area contributed by atoms with Crippen molar-refractivity contribution in [1.29, 1.82) is 0 Å². The molecule has 0 aromatic rings. The zero-order valence-electron chi connectivity index (χ0n) is 39.5. The van der Waals surface area contributed by atoms with E-state index in [1.54, 1.807) is 6.92 Å². The van der Waals surface area contributed by atoms with Crippen molar-refractivity contribution < 1.29 is 23.9 Å². The van der Waals surface area contributed by atoms with Gasteiger partial charge in [0.1, 0.15) is 11.8 Å². The fraction of sp³-hybridized carbons (Fsp3) is 0.509. The minimum absolute atomic E-state index is 0.0394. The third-order valence-electron chi connectivity index (χ3n) is 11.8. The normalized spacial score (nSPS) is 21.8. The fourth-order valence-corrected chi connectivity index (χ4v) is 7.96. The standard InChI is InChI=1S/C53H78N4O5/c1-36(21-17-23-38(3)27-29-43-40(5)49(59)42(34-52(43,7)8)33-47(58)45(56)25-13-15-31-54)19-11-12-20-37(2)22-18-24-39(4)28-30-44-41(6)50(60)48(35-53(44,9)10)62-51(61)46(57)26-14-16-32-55/h11-12,17-24,27-30,42,45-46,48H,13-16,25-26,31-35,54-57H2,1-10H3. The van der Waals surface area contributed by atoms with Crippen LogP contribution in [-0.2, 0) is 23.9 Å². The second-order valence-corrected chi connectivity index (χ2v) is 18.5. The highest BCUT2D eigenvalue weighted by atomic mass is 16.5. The topological polar surface area (TPSA) is 182 Å². The van der Waals surface area contributed by atoms with Gasteiger partial charge >= 0.3 is 5.97 Å². The monoisotopic (exact) mass is 851 g/mol. The number of Topliss-reactive ketones (excluding diaryl/α,β-unsaturated/α-hetero) is 3. The van der Waals surface area contributed by atoms with Gasteiger partial charge in [-0.1, -0.05) is 148 Å². The van der Waals surface area contributed by atoms with Crippen molar-refractivity contribution in [3.63, 3.8) is 0 Å². The smallest absolute Gasteiger partial charge is 0.323 e. The van der Waals surface area contributed by atoms with E-state index in [0.29, 0.717) is 44.3 Å². The van der Waals surface area contributed by atoms with E-state index < -0.39 is 24.2 Å². The van der Waals surface area contributed by atoms with Crippen molar-refractivity contribution in [2.45, 2.75) is 145 Å². The summed E-state index contributed by atoms with van der Waals surface area (Å²) in [7, 11) is 0. The van der Waals surface area contributed by atoms with Crippen LogP contribution in [0.1, 0.15) is 127 Å². The Morgan fingerprint density at radius 1 is 0.629 bits per heavy atom. The first-order valence-corrected chi connectivity index (χ1v) is 22.4. The van der Waals surface area contributed by atoms with Crippen LogP contribution in [0.4, 0.5) is 0 Å². The lowest BCUT2D eigenvalue weighted by atomic mass is 9.66. The zero-order chi connectivity index (χ0) is 46.6. The zero-order valence-corrected chi connectivity index (χ0v) is 39.5. The van der Waals surface area contributed by atoms with E-state index in [1.165, 1.54) is 0 Å². The van der Waals surface area contributed by atoms with Crippen LogP contribution in [0.3, 0.4) is 0 Å². The van der Waals surface area contributed by atoms with Crippen molar-refractivity contribution >= 4 is 23.3 Å². The minimum atomic E-state index is -0.837. The molecular formula is C53H78N4O5. The largest absolute Gasteiger partial charge is 0.453 e. The Kier molecular flexibility index (Phi) is 22.6. The van der Waals surface area contributed by atoms with Gasteiger partial charge in [0.15, 0.2) is 17.7 Å². The van der Waals surface area contributed by atoms with Gasteiger partial charge in [0.2, 0.25) is 0 Å². The number of hydrogen-bond acceptors (Lipinski definition) is 9. The molecule has 0 aromatic carbocycles. The highest BCUT2D eigenvalue weighted by Crippen LogP contribution is 2.44. The van der Waals surface area contributed by atoms with Gasteiger partial charge in [0.05, 0.1) is 6.04 Å². The third-order valence-corrected chi connectivity index (χ3v) is 11.8. The molecule has 0 saturated heterocycles. The van der Waals surface area contributed by atoms with E-state index in [4.69, 9.17) is 27.7 Å². The minimum Gasteiger partial charge on any atom is -0.453 e. The van der Waals surface area contributed by atoms with Crippen LogP contribution in [0.25, 0.3) is 0 Å². The van der Waals surface area contributed by atoms with Gasteiger partial charge in [-0.3, -0.25) is 19.2 Å². The number of ether oxygens (including phenoxy) is 1. The Balaban J connectivity index is 1.97. The Hall–Kier alpha value is -4.54. The molecule has 2 aliphatic carbocycles. The molecular weight excluding hydrogens is 773 g/mol. The second-order valence-electron chi connectivity index (χ2n) is 18.5. The van der Waals surface area contributed by atoms with E-state index in [2.05, 4.69) is 45.9 Å². The molecule has 0 aromatic heterocycles. The molecule has 0 saturated carbocycles. The van der Waals surface area contributed by atoms with Crippen LogP contribution in [-0.4, -0.2) is 54.6 Å². The maximum absolute atomic E-state index is 13.3. The molecule has 2 rings (SSSR count). The molecule has 340 valence electrons. The molecule has 9 nitrogen and oxygen atoms in total. The van der Waals surface area contributed by atoms with Crippen LogP contribution < -0.4 is 22.9 Å². The number of carbonyl (C=O) groups is 4. The summed E-state index contributed by atoms with van der Waals surface area (Å²) < 4.78 is 5.61. The van der Waals surface area contributed by atoms with Gasteiger partial charge in [0, 0.05) is 18.8 Å². The average molecular weight is 851 g/mol. The third kappa shape index (κ3) is 17.7. The van der Waals surface area contributed by atoms with Gasteiger partial charge in [0.25, 0.3) is 0 Å². The van der Waals surface area contributed by atoms with Gasteiger partial charge in [-0.25, -0.2) is 0 Å². The van der Waals surface area contributed by atoms with Gasteiger partial charge in [-0.15, -0.1) is 0 Å². The summed E-state index contributed by atoms with van der Waals surface area (Å²) in [5.41, 5.74) is 30.2. The lowest BCUT2D eigenvalue weighted by Crippen LogP contribution is -2.42. The Labute approximate surface area is 373 Å². The van der Waals surface area contributed by atoms with E-state index in [1.807, 2.05) is 101 Å². The molecule has 62 heavy (non-hydrogen) atoms. The SMILES string of the molecule is CC(C=CC=C(C)C=CC1=C(C)C(=O)C(CC(=O)C(N)CCCCN)CC1(C)C)=CC=CC=C(C)C=CC=C(C)C=CC1=C(C)C(=O)C(OC(=O)C(N)CCCCN)CC1(C)C. The first-order chi connectivity index (χ1) is 29.1. The molecule has 2 aliphatic rings. The van der Waals surface area contributed by atoms with Crippen LogP contribution >= 0.6 is 0 Å². The van der Waals surface area contributed by atoms with E-state index >= 15 is 0 Å². The Morgan fingerprint density at radius 2 is 1.05 bits per heavy atom. The molecule has 0 fully saturated rings. The van der Waals surface area contributed by atoms with Crippen LogP contribution in [0.2, 0.25) is 0 Å². The average Bonchev–Trinajstić information content (AvgIpc) is 3.20. The lowest BCUT2D eigenvalue weighted by molar-refractivity contribution is -0.157. The maximum Gasteiger partial charge on any atom is 0.323 e. The van der Waals surface area contributed by atoms with Crippen LogP contribution in [0.5, 0.6) is 0 Å². The maximum atomic E-state index is 13.3. The van der Waals surface area contributed by atoms with Crippen molar-refractivity contribution in [3.8, 4) is 0 Å². The summed E-state index contributed by atoms with van der Waals surface area (Å²) >= 11 is 0. The number of allylic oxidation sites excluding steroid dienone is 21. The molecule has 0 heterocycles. The molecule has 0 aliphatic heterocycles. The number of rotatable bonds is 23. The van der Waals surface area contributed by atoms with Crippen LogP contribution in [0.15, 0.2) is 130 Å². The number of nitrogens with two attached hydrogens (primary N) is 4. The molecule has 4 unspecified atom stereocenters. The van der Waals surface area contributed by atoms with E-state index in [9.17, 15) is 19.2 Å². The summed E-state index contributed by atoms with van der Waals surface area (Å²) in [6.07, 6.45) is 33.1. The van der Waals surface area contributed by atoms with E-state index in [-0.39, 0.29) is 40.5 Å². The number of unbranched alkanes of at least 4 members (excludes halogenated alkanes) is 2. The van der Waals surface area contributed by atoms with Crippen molar-refractivity contribution in [2.24, 2.45) is 39.7 Å². The number of esters is 1. The molecule has 0 spiro atoms.